The number of rotatable bonds is 3. The Morgan fingerprint density at radius 1 is 1.26 bits per heavy atom. The molecule has 0 radical (unpaired) electrons. The highest BCUT2D eigenvalue weighted by Gasteiger charge is 2.45. The van der Waals surface area contributed by atoms with E-state index in [9.17, 15) is 14.4 Å². The van der Waals surface area contributed by atoms with Crippen molar-refractivity contribution in [3.05, 3.63) is 46.6 Å². The van der Waals surface area contributed by atoms with Gasteiger partial charge in [0.15, 0.2) is 6.04 Å². The summed E-state index contributed by atoms with van der Waals surface area (Å²) in [6.07, 6.45) is 1.49. The minimum atomic E-state index is -0.914. The molecule has 2 aliphatic heterocycles. The molecule has 1 fully saturated rings. The maximum Gasteiger partial charge on any atom is 0.256 e. The van der Waals surface area contributed by atoms with E-state index in [-0.39, 0.29) is 11.5 Å². The lowest BCUT2D eigenvalue weighted by Crippen LogP contribution is -2.55. The first kappa shape index (κ1) is 15.6. The number of benzene rings is 1. The van der Waals surface area contributed by atoms with Crippen molar-refractivity contribution in [2.75, 3.05) is 20.1 Å². The van der Waals surface area contributed by atoms with E-state index >= 15 is 0 Å². The fraction of sp³-hybridized carbons (Fsp3) is 0.312. The van der Waals surface area contributed by atoms with E-state index in [0.29, 0.717) is 24.7 Å². The maximum atomic E-state index is 12.6. The summed E-state index contributed by atoms with van der Waals surface area (Å²) in [5, 5.41) is 3.06. The summed E-state index contributed by atoms with van der Waals surface area (Å²) >= 11 is 5.86. The molecule has 23 heavy (non-hydrogen) atoms. The van der Waals surface area contributed by atoms with Crippen molar-refractivity contribution in [2.24, 2.45) is 0 Å². The summed E-state index contributed by atoms with van der Waals surface area (Å²) in [7, 11) is 1.46. The van der Waals surface area contributed by atoms with Crippen molar-refractivity contribution in [1.82, 2.24) is 15.1 Å². The van der Waals surface area contributed by atoms with Gasteiger partial charge in [-0.25, -0.2) is 0 Å². The lowest BCUT2D eigenvalue weighted by molar-refractivity contribution is -0.144. The van der Waals surface area contributed by atoms with Gasteiger partial charge >= 0.3 is 0 Å². The molecular formula is C16H16ClN3O3. The van der Waals surface area contributed by atoms with Gasteiger partial charge in [-0.2, -0.15) is 0 Å². The summed E-state index contributed by atoms with van der Waals surface area (Å²) in [5.41, 5.74) is 0.986. The van der Waals surface area contributed by atoms with Crippen molar-refractivity contribution in [3.63, 3.8) is 0 Å². The van der Waals surface area contributed by atoms with E-state index in [1.807, 2.05) is 12.1 Å². The van der Waals surface area contributed by atoms with Crippen LogP contribution in [0.25, 0.3) is 0 Å². The predicted molar refractivity (Wildman–Crippen MR) is 84.5 cm³/mol. The number of piperazine rings is 1. The number of hydrogen-bond acceptors (Lipinski definition) is 4. The van der Waals surface area contributed by atoms with Gasteiger partial charge in [0.05, 0.1) is 0 Å². The molecule has 1 aromatic carbocycles. The summed E-state index contributed by atoms with van der Waals surface area (Å²) in [6.45, 7) is 1.45. The number of halogens is 1. The minimum Gasteiger partial charge on any atom is -0.357 e. The van der Waals surface area contributed by atoms with Gasteiger partial charge in [0.25, 0.3) is 11.8 Å². The van der Waals surface area contributed by atoms with E-state index in [1.54, 1.807) is 21.9 Å². The molecule has 2 amide bonds. The number of amides is 2. The number of Topliss-reactive ketones (excluding diaryl/α,β-unsaturated/α-hetero) is 1. The van der Waals surface area contributed by atoms with Crippen molar-refractivity contribution in [1.29, 1.82) is 0 Å². The van der Waals surface area contributed by atoms with Crippen molar-refractivity contribution >= 4 is 29.2 Å². The molecule has 1 saturated heterocycles. The van der Waals surface area contributed by atoms with Gasteiger partial charge in [-0.15, -0.1) is 0 Å². The van der Waals surface area contributed by atoms with E-state index < -0.39 is 17.7 Å². The van der Waals surface area contributed by atoms with Gasteiger partial charge in [0.1, 0.15) is 5.57 Å². The molecule has 1 N–H and O–H groups in total. The van der Waals surface area contributed by atoms with Crippen LogP contribution in [-0.2, 0) is 20.9 Å². The van der Waals surface area contributed by atoms with Crippen molar-refractivity contribution in [2.45, 2.75) is 12.6 Å². The molecule has 120 valence electrons. The number of fused-ring (bicyclic) bond motifs is 1. The highest BCUT2D eigenvalue weighted by atomic mass is 35.5. The van der Waals surface area contributed by atoms with Crippen LogP contribution in [0.15, 0.2) is 36.0 Å². The van der Waals surface area contributed by atoms with Crippen molar-refractivity contribution in [3.8, 4) is 0 Å². The lowest BCUT2D eigenvalue weighted by Gasteiger charge is -2.36. The minimum absolute atomic E-state index is 0.0409. The molecule has 6 nitrogen and oxygen atoms in total. The number of carbonyl (C=O) groups excluding carboxylic acids is 3. The normalized spacial score (nSPS) is 20.4. The zero-order valence-corrected chi connectivity index (χ0v) is 13.3. The van der Waals surface area contributed by atoms with Gasteiger partial charge in [-0.3, -0.25) is 14.4 Å². The molecule has 0 saturated carbocycles. The van der Waals surface area contributed by atoms with Gasteiger partial charge in [-0.05, 0) is 17.7 Å². The number of hydrogen-bond donors (Lipinski definition) is 1. The molecule has 1 atom stereocenters. The molecular weight excluding hydrogens is 318 g/mol. The first-order valence-corrected chi connectivity index (χ1v) is 7.66. The van der Waals surface area contributed by atoms with Gasteiger partial charge < -0.3 is 15.1 Å². The van der Waals surface area contributed by atoms with Crippen LogP contribution in [-0.4, -0.2) is 53.6 Å². The second kappa shape index (κ2) is 6.04. The third kappa shape index (κ3) is 2.82. The monoisotopic (exact) mass is 333 g/mol. The molecule has 0 aliphatic carbocycles. The average Bonchev–Trinajstić information content (AvgIpc) is 2.89. The zero-order chi connectivity index (χ0) is 16.6. The average molecular weight is 334 g/mol. The van der Waals surface area contributed by atoms with E-state index in [0.717, 1.165) is 5.56 Å². The SMILES string of the molecule is CNC(=O)C1=CN2CCN(Cc3ccc(Cl)cc3)C(=O)C2C1=O. The number of nitrogens with one attached hydrogen (secondary N) is 1. The van der Waals surface area contributed by atoms with Crippen LogP contribution < -0.4 is 5.32 Å². The highest BCUT2D eigenvalue weighted by Crippen LogP contribution is 2.24. The molecule has 0 aromatic heterocycles. The summed E-state index contributed by atoms with van der Waals surface area (Å²) in [5.74, 6) is -1.16. The lowest BCUT2D eigenvalue weighted by atomic mass is 10.0. The molecule has 2 aliphatic rings. The van der Waals surface area contributed by atoms with Crippen LogP contribution in [0.4, 0.5) is 0 Å². The van der Waals surface area contributed by atoms with Crippen LogP contribution in [0.3, 0.4) is 0 Å². The molecule has 1 unspecified atom stereocenters. The largest absolute Gasteiger partial charge is 0.357 e. The summed E-state index contributed by atoms with van der Waals surface area (Å²) in [6, 6.07) is 6.33. The standard InChI is InChI=1S/C16H16ClN3O3/c1-18-15(22)12-9-19-6-7-20(16(23)13(19)14(12)21)8-10-2-4-11(17)5-3-10/h2-5,9,13H,6-8H2,1H3,(H,18,22). The first-order valence-electron chi connectivity index (χ1n) is 7.28. The van der Waals surface area contributed by atoms with E-state index in [1.165, 1.54) is 13.2 Å². The molecule has 1 aromatic rings. The first-order chi connectivity index (χ1) is 11.0. The Morgan fingerprint density at radius 2 is 1.96 bits per heavy atom. The number of ketones is 1. The smallest absolute Gasteiger partial charge is 0.256 e. The van der Waals surface area contributed by atoms with Crippen LogP contribution in [0.5, 0.6) is 0 Å². The number of nitrogens with zero attached hydrogens (tertiary/aromatic N) is 2. The van der Waals surface area contributed by atoms with Crippen LogP contribution in [0.1, 0.15) is 5.56 Å². The fourth-order valence-corrected chi connectivity index (χ4v) is 2.97. The number of carbonyl (C=O) groups is 3. The summed E-state index contributed by atoms with van der Waals surface area (Å²) in [4.78, 5) is 40.0. The Bertz CT molecular complexity index is 699. The Kier molecular flexibility index (Phi) is 4.09. The van der Waals surface area contributed by atoms with Crippen LogP contribution in [0, 0.1) is 0 Å². The predicted octanol–water partition coefficient (Wildman–Crippen LogP) is 0.565. The molecule has 0 bridgehead atoms. The molecule has 0 spiro atoms. The van der Waals surface area contributed by atoms with Crippen LogP contribution >= 0.6 is 11.6 Å². The number of likely N-dealkylation sites (N-methyl/N-ethyl adjacent to an activating group) is 1. The Balaban J connectivity index is 1.75. The maximum absolute atomic E-state index is 12.6. The zero-order valence-electron chi connectivity index (χ0n) is 12.6. The van der Waals surface area contributed by atoms with E-state index in [2.05, 4.69) is 5.32 Å². The molecule has 3 rings (SSSR count). The third-order valence-corrected chi connectivity index (χ3v) is 4.32. The molecule has 7 heteroatoms. The third-order valence-electron chi connectivity index (χ3n) is 4.07. The van der Waals surface area contributed by atoms with Gasteiger partial charge in [0.2, 0.25) is 5.78 Å². The Labute approximate surface area is 138 Å². The molecule has 2 heterocycles. The topological polar surface area (TPSA) is 69.7 Å². The second-order valence-corrected chi connectivity index (χ2v) is 5.95. The van der Waals surface area contributed by atoms with Crippen LogP contribution in [0.2, 0.25) is 5.02 Å². The quantitative estimate of drug-likeness (QED) is 0.648. The van der Waals surface area contributed by atoms with Gasteiger partial charge in [-0.1, -0.05) is 23.7 Å². The van der Waals surface area contributed by atoms with Crippen molar-refractivity contribution < 1.29 is 14.4 Å². The second-order valence-electron chi connectivity index (χ2n) is 5.51. The Hall–Kier alpha value is -2.34. The summed E-state index contributed by atoms with van der Waals surface area (Å²) < 4.78 is 0. The highest BCUT2D eigenvalue weighted by molar-refractivity contribution is 6.30. The Morgan fingerprint density at radius 3 is 2.61 bits per heavy atom. The van der Waals surface area contributed by atoms with Gasteiger partial charge in [0, 0.05) is 37.9 Å². The fourth-order valence-electron chi connectivity index (χ4n) is 2.84. The van der Waals surface area contributed by atoms with E-state index in [4.69, 9.17) is 11.6 Å².